The highest BCUT2D eigenvalue weighted by Crippen LogP contribution is 2.24. The van der Waals surface area contributed by atoms with Crippen molar-refractivity contribution >= 4 is 21.6 Å². The van der Waals surface area contributed by atoms with E-state index in [0.29, 0.717) is 11.3 Å². The Morgan fingerprint density at radius 2 is 1.79 bits per heavy atom. The van der Waals surface area contributed by atoms with E-state index in [1.54, 1.807) is 13.0 Å². The zero-order valence-corrected chi connectivity index (χ0v) is 11.7. The Labute approximate surface area is 117 Å². The van der Waals surface area contributed by atoms with Crippen molar-refractivity contribution in [3.8, 4) is 0 Å². The van der Waals surface area contributed by atoms with Gasteiger partial charge in [-0.2, -0.15) is 0 Å². The maximum Gasteiger partial charge on any atom is 0.145 e. The standard InChI is InChI=1S/C14H11BrF3N/c1-8-11(16)3-2-4-13(8)19-7-9-12(17)6-5-10(15)14(9)18/h2-6,19H,7H2,1H3. The van der Waals surface area contributed by atoms with Crippen LogP contribution in [0.5, 0.6) is 0 Å². The van der Waals surface area contributed by atoms with Gasteiger partial charge in [-0.3, -0.25) is 0 Å². The Morgan fingerprint density at radius 1 is 1.05 bits per heavy atom. The first-order chi connectivity index (χ1) is 9.00. The van der Waals surface area contributed by atoms with Gasteiger partial charge in [-0.05, 0) is 47.1 Å². The number of halogens is 4. The molecule has 0 saturated carbocycles. The summed E-state index contributed by atoms with van der Waals surface area (Å²) < 4.78 is 40.8. The van der Waals surface area contributed by atoms with Crippen LogP contribution >= 0.6 is 15.9 Å². The number of hydrogen-bond donors (Lipinski definition) is 1. The molecule has 0 radical (unpaired) electrons. The van der Waals surface area contributed by atoms with Gasteiger partial charge in [0.05, 0.1) is 4.47 Å². The molecule has 19 heavy (non-hydrogen) atoms. The lowest BCUT2D eigenvalue weighted by molar-refractivity contribution is 0.555. The summed E-state index contributed by atoms with van der Waals surface area (Å²) in [6, 6.07) is 7.02. The maximum atomic E-state index is 13.7. The number of anilines is 1. The van der Waals surface area contributed by atoms with Crippen LogP contribution in [0, 0.1) is 24.4 Å². The molecule has 0 atom stereocenters. The molecular formula is C14H11BrF3N. The normalized spacial score (nSPS) is 10.6. The molecule has 0 unspecified atom stereocenters. The van der Waals surface area contributed by atoms with Crippen molar-refractivity contribution in [3.05, 3.63) is 63.4 Å². The van der Waals surface area contributed by atoms with E-state index in [1.165, 1.54) is 24.3 Å². The van der Waals surface area contributed by atoms with E-state index in [0.717, 1.165) is 0 Å². The first kappa shape index (κ1) is 13.9. The first-order valence-corrected chi connectivity index (χ1v) is 6.41. The van der Waals surface area contributed by atoms with Crippen LogP contribution in [-0.2, 0) is 6.54 Å². The molecule has 0 spiro atoms. The second kappa shape index (κ2) is 5.65. The van der Waals surface area contributed by atoms with Crippen molar-refractivity contribution < 1.29 is 13.2 Å². The fraction of sp³-hybridized carbons (Fsp3) is 0.143. The summed E-state index contributed by atoms with van der Waals surface area (Å²) in [6.45, 7) is 1.55. The lowest BCUT2D eigenvalue weighted by Gasteiger charge is -2.12. The van der Waals surface area contributed by atoms with Crippen molar-refractivity contribution in [2.75, 3.05) is 5.32 Å². The molecule has 0 aromatic heterocycles. The molecular weight excluding hydrogens is 319 g/mol. The largest absolute Gasteiger partial charge is 0.380 e. The fourth-order valence-corrected chi connectivity index (χ4v) is 2.09. The van der Waals surface area contributed by atoms with Crippen LogP contribution < -0.4 is 5.32 Å². The average Bonchev–Trinajstić information content (AvgIpc) is 2.39. The Hall–Kier alpha value is -1.49. The summed E-state index contributed by atoms with van der Waals surface area (Å²) in [5.41, 5.74) is 0.843. The Morgan fingerprint density at radius 3 is 2.53 bits per heavy atom. The third-order valence-corrected chi connectivity index (χ3v) is 3.47. The van der Waals surface area contributed by atoms with Crippen molar-refractivity contribution in [1.82, 2.24) is 0 Å². The summed E-state index contributed by atoms with van der Waals surface area (Å²) in [4.78, 5) is 0. The summed E-state index contributed by atoms with van der Waals surface area (Å²) in [5.74, 6) is -1.65. The Bertz CT molecular complexity index is 614. The molecule has 2 rings (SSSR count). The van der Waals surface area contributed by atoms with Gasteiger partial charge in [-0.15, -0.1) is 0 Å². The van der Waals surface area contributed by atoms with Crippen LogP contribution in [0.25, 0.3) is 0 Å². The third kappa shape index (κ3) is 2.92. The van der Waals surface area contributed by atoms with E-state index in [2.05, 4.69) is 21.2 Å². The zero-order chi connectivity index (χ0) is 14.0. The van der Waals surface area contributed by atoms with Crippen molar-refractivity contribution in [2.24, 2.45) is 0 Å². The highest BCUT2D eigenvalue weighted by Gasteiger charge is 2.12. The van der Waals surface area contributed by atoms with Crippen LogP contribution in [0.3, 0.4) is 0 Å². The molecule has 0 heterocycles. The van der Waals surface area contributed by atoms with Crippen LogP contribution in [0.1, 0.15) is 11.1 Å². The number of nitrogens with one attached hydrogen (secondary N) is 1. The molecule has 0 fully saturated rings. The predicted molar refractivity (Wildman–Crippen MR) is 72.5 cm³/mol. The highest BCUT2D eigenvalue weighted by molar-refractivity contribution is 9.10. The van der Waals surface area contributed by atoms with Gasteiger partial charge in [0.2, 0.25) is 0 Å². The van der Waals surface area contributed by atoms with E-state index in [1.807, 2.05) is 0 Å². The number of rotatable bonds is 3. The van der Waals surface area contributed by atoms with Gasteiger partial charge in [0.1, 0.15) is 17.5 Å². The van der Waals surface area contributed by atoms with Gasteiger partial charge >= 0.3 is 0 Å². The molecule has 2 aromatic rings. The Balaban J connectivity index is 2.24. The van der Waals surface area contributed by atoms with E-state index < -0.39 is 11.6 Å². The van der Waals surface area contributed by atoms with E-state index in [-0.39, 0.29) is 22.4 Å². The molecule has 0 saturated heterocycles. The molecule has 1 nitrogen and oxygen atoms in total. The summed E-state index contributed by atoms with van der Waals surface area (Å²) in [5, 5.41) is 2.84. The number of hydrogen-bond acceptors (Lipinski definition) is 1. The minimum atomic E-state index is -0.651. The fourth-order valence-electron chi connectivity index (χ4n) is 1.71. The average molecular weight is 330 g/mol. The molecule has 5 heteroatoms. The van der Waals surface area contributed by atoms with Gasteiger partial charge in [0, 0.05) is 23.4 Å². The summed E-state index contributed by atoms with van der Waals surface area (Å²) in [7, 11) is 0. The second-order valence-corrected chi connectivity index (χ2v) is 4.94. The molecule has 0 aliphatic rings. The molecule has 0 bridgehead atoms. The molecule has 2 aromatic carbocycles. The monoisotopic (exact) mass is 329 g/mol. The molecule has 100 valence electrons. The van der Waals surface area contributed by atoms with Crippen LogP contribution in [-0.4, -0.2) is 0 Å². The quantitative estimate of drug-likeness (QED) is 0.798. The summed E-state index contributed by atoms with van der Waals surface area (Å²) in [6.07, 6.45) is 0. The van der Waals surface area contributed by atoms with Crippen LogP contribution in [0.2, 0.25) is 0 Å². The minimum absolute atomic E-state index is 0.0542. The topological polar surface area (TPSA) is 12.0 Å². The predicted octanol–water partition coefficient (Wildman–Crippen LogP) is 4.79. The smallest absolute Gasteiger partial charge is 0.145 e. The zero-order valence-electron chi connectivity index (χ0n) is 10.1. The van der Waals surface area contributed by atoms with Gasteiger partial charge in [-0.25, -0.2) is 13.2 Å². The van der Waals surface area contributed by atoms with Crippen LogP contribution in [0.15, 0.2) is 34.8 Å². The molecule has 0 aliphatic carbocycles. The lowest BCUT2D eigenvalue weighted by Crippen LogP contribution is -2.06. The maximum absolute atomic E-state index is 13.7. The van der Waals surface area contributed by atoms with Crippen molar-refractivity contribution in [2.45, 2.75) is 13.5 Å². The SMILES string of the molecule is Cc1c(F)cccc1NCc1c(F)ccc(Br)c1F. The van der Waals surface area contributed by atoms with E-state index >= 15 is 0 Å². The molecule has 0 amide bonds. The third-order valence-electron chi connectivity index (χ3n) is 2.86. The van der Waals surface area contributed by atoms with E-state index in [4.69, 9.17) is 0 Å². The van der Waals surface area contributed by atoms with Gasteiger partial charge < -0.3 is 5.32 Å². The van der Waals surface area contributed by atoms with E-state index in [9.17, 15) is 13.2 Å². The van der Waals surface area contributed by atoms with Crippen molar-refractivity contribution in [3.63, 3.8) is 0 Å². The lowest BCUT2D eigenvalue weighted by atomic mass is 10.1. The minimum Gasteiger partial charge on any atom is -0.380 e. The van der Waals surface area contributed by atoms with Gasteiger partial charge in [-0.1, -0.05) is 6.07 Å². The highest BCUT2D eigenvalue weighted by atomic mass is 79.9. The van der Waals surface area contributed by atoms with Gasteiger partial charge in [0.25, 0.3) is 0 Å². The first-order valence-electron chi connectivity index (χ1n) is 5.62. The Kier molecular flexibility index (Phi) is 4.14. The van der Waals surface area contributed by atoms with Gasteiger partial charge in [0.15, 0.2) is 0 Å². The summed E-state index contributed by atoms with van der Waals surface area (Å²) >= 11 is 3.00. The number of benzene rings is 2. The van der Waals surface area contributed by atoms with Crippen LogP contribution in [0.4, 0.5) is 18.9 Å². The second-order valence-electron chi connectivity index (χ2n) is 4.09. The molecule has 1 N–H and O–H groups in total. The molecule has 0 aliphatic heterocycles. The van der Waals surface area contributed by atoms with Crippen molar-refractivity contribution in [1.29, 1.82) is 0 Å².